The van der Waals surface area contributed by atoms with E-state index in [0.717, 1.165) is 15.4 Å². The number of nitrogens with one attached hydrogen (secondary N) is 1. The van der Waals surface area contributed by atoms with Gasteiger partial charge in [-0.25, -0.2) is 8.42 Å². The molecule has 1 N–H and O–H groups in total. The summed E-state index contributed by atoms with van der Waals surface area (Å²) in [6, 6.07) is 21.2. The number of fused-ring (bicyclic) bond motifs is 1. The van der Waals surface area contributed by atoms with Crippen molar-refractivity contribution in [1.29, 1.82) is 0 Å². The van der Waals surface area contributed by atoms with Crippen LogP contribution < -0.4 is 19.1 Å². The first-order chi connectivity index (χ1) is 16.7. The minimum absolute atomic E-state index is 0.129. The smallest absolute Gasteiger partial charge is 0.264 e. The second kappa shape index (κ2) is 10.4. The lowest BCUT2D eigenvalue weighted by Crippen LogP contribution is -2.45. The van der Waals surface area contributed by atoms with E-state index in [-0.39, 0.29) is 24.1 Å². The third-order valence-corrected chi connectivity index (χ3v) is 7.63. The highest BCUT2D eigenvalue weighted by Crippen LogP contribution is 2.31. The maximum Gasteiger partial charge on any atom is 0.264 e. The summed E-state index contributed by atoms with van der Waals surface area (Å²) in [4.78, 5) is 13.0. The minimum Gasteiger partial charge on any atom is -0.486 e. The molecule has 35 heavy (non-hydrogen) atoms. The fraction of sp³-hybridized carbons (Fsp3) is 0.296. The molecule has 1 heterocycles. The molecule has 0 radical (unpaired) electrons. The third kappa shape index (κ3) is 5.77. The Labute approximate surface area is 206 Å². The van der Waals surface area contributed by atoms with E-state index < -0.39 is 15.9 Å². The van der Waals surface area contributed by atoms with Gasteiger partial charge >= 0.3 is 0 Å². The van der Waals surface area contributed by atoms with Gasteiger partial charge in [-0.05, 0) is 54.8 Å². The fourth-order valence-electron chi connectivity index (χ4n) is 3.76. The number of benzene rings is 3. The maximum absolute atomic E-state index is 13.5. The number of amides is 1. The van der Waals surface area contributed by atoms with E-state index in [1.807, 2.05) is 37.3 Å². The number of ether oxygens (including phenoxy) is 2. The van der Waals surface area contributed by atoms with Crippen LogP contribution in [-0.4, -0.2) is 40.1 Å². The Morgan fingerprint density at radius 1 is 1.00 bits per heavy atom. The fourth-order valence-corrected chi connectivity index (χ4v) is 5.18. The highest BCUT2D eigenvalue weighted by molar-refractivity contribution is 7.92. The van der Waals surface area contributed by atoms with Gasteiger partial charge in [0.15, 0.2) is 11.5 Å². The molecule has 7 nitrogen and oxygen atoms in total. The largest absolute Gasteiger partial charge is 0.486 e. The van der Waals surface area contributed by atoms with E-state index in [2.05, 4.69) is 19.2 Å². The first kappa shape index (κ1) is 24.6. The highest BCUT2D eigenvalue weighted by atomic mass is 32.2. The molecule has 1 aliphatic rings. The summed E-state index contributed by atoms with van der Waals surface area (Å²) in [6.45, 7) is 6.15. The van der Waals surface area contributed by atoms with Gasteiger partial charge in [0.25, 0.3) is 10.0 Å². The molecule has 0 saturated heterocycles. The minimum atomic E-state index is -3.97. The molecule has 0 spiro atoms. The zero-order chi connectivity index (χ0) is 25.0. The van der Waals surface area contributed by atoms with Crippen LogP contribution in [0.4, 0.5) is 5.69 Å². The average molecular weight is 495 g/mol. The molecule has 8 heteroatoms. The first-order valence-electron chi connectivity index (χ1n) is 11.6. The third-order valence-electron chi connectivity index (χ3n) is 5.84. The Balaban J connectivity index is 1.51. The van der Waals surface area contributed by atoms with Gasteiger partial charge in [0, 0.05) is 0 Å². The normalized spacial score (nSPS) is 15.0. The Hall–Kier alpha value is -3.52. The number of sulfonamides is 1. The van der Waals surface area contributed by atoms with Crippen LogP contribution in [0.5, 0.6) is 11.5 Å². The van der Waals surface area contributed by atoms with Crippen LogP contribution >= 0.6 is 0 Å². The van der Waals surface area contributed by atoms with Gasteiger partial charge in [0.05, 0.1) is 17.1 Å². The molecular formula is C27H30N2O5S. The molecule has 4 rings (SSSR count). The Morgan fingerprint density at radius 2 is 1.66 bits per heavy atom. The zero-order valence-electron chi connectivity index (χ0n) is 20.1. The SMILES string of the molecule is Cc1ccc(S(=O)(=O)N(CC(=O)NCC2COc3ccccc3O2)c2ccc(C(C)C)cc2)cc1. The quantitative estimate of drug-likeness (QED) is 0.506. The molecule has 1 atom stereocenters. The van der Waals surface area contributed by atoms with Crippen molar-refractivity contribution in [1.82, 2.24) is 5.32 Å². The van der Waals surface area contributed by atoms with E-state index in [9.17, 15) is 13.2 Å². The van der Waals surface area contributed by atoms with Gasteiger partial charge in [0.1, 0.15) is 19.3 Å². The lowest BCUT2D eigenvalue weighted by Gasteiger charge is -2.27. The van der Waals surface area contributed by atoms with Gasteiger partial charge in [-0.3, -0.25) is 9.10 Å². The number of hydrogen-bond donors (Lipinski definition) is 1. The van der Waals surface area contributed by atoms with Crippen molar-refractivity contribution in [3.63, 3.8) is 0 Å². The van der Waals surface area contributed by atoms with E-state index in [0.29, 0.717) is 29.7 Å². The summed E-state index contributed by atoms with van der Waals surface area (Å²) >= 11 is 0. The van der Waals surface area contributed by atoms with Crippen molar-refractivity contribution < 1.29 is 22.7 Å². The van der Waals surface area contributed by atoms with Gasteiger partial charge in [0.2, 0.25) is 5.91 Å². The van der Waals surface area contributed by atoms with Crippen LogP contribution in [0.3, 0.4) is 0 Å². The summed E-state index contributed by atoms with van der Waals surface area (Å²) in [6.07, 6.45) is -0.374. The highest BCUT2D eigenvalue weighted by Gasteiger charge is 2.28. The van der Waals surface area contributed by atoms with Gasteiger partial charge in [-0.15, -0.1) is 0 Å². The molecule has 1 aliphatic heterocycles. The average Bonchev–Trinajstić information content (AvgIpc) is 2.86. The number of anilines is 1. The predicted octanol–water partition coefficient (Wildman–Crippen LogP) is 4.27. The molecule has 0 aromatic heterocycles. The van der Waals surface area contributed by atoms with E-state index in [1.165, 1.54) is 0 Å². The van der Waals surface area contributed by atoms with Crippen LogP contribution in [0.25, 0.3) is 0 Å². The molecule has 0 aliphatic carbocycles. The topological polar surface area (TPSA) is 84.9 Å². The summed E-state index contributed by atoms with van der Waals surface area (Å²) in [7, 11) is -3.97. The molecule has 1 unspecified atom stereocenters. The number of aryl methyl sites for hydroxylation is 1. The first-order valence-corrected chi connectivity index (χ1v) is 13.0. The molecule has 0 saturated carbocycles. The van der Waals surface area contributed by atoms with Crippen LogP contribution in [-0.2, 0) is 14.8 Å². The number of rotatable bonds is 8. The molecule has 1 amide bonds. The predicted molar refractivity (Wildman–Crippen MR) is 136 cm³/mol. The summed E-state index contributed by atoms with van der Waals surface area (Å²) in [5, 5.41) is 2.80. The van der Waals surface area contributed by atoms with Crippen molar-refractivity contribution >= 4 is 21.6 Å². The standard InChI is InChI=1S/C27H30N2O5S/c1-19(2)21-10-12-22(13-11-21)29(35(31,32)24-14-8-20(3)9-15-24)17-27(30)28-16-23-18-33-25-6-4-5-7-26(25)34-23/h4-15,19,23H,16-18H2,1-3H3,(H,28,30). The summed E-state index contributed by atoms with van der Waals surface area (Å²) < 4.78 is 39.8. The molecule has 184 valence electrons. The Bertz CT molecular complexity index is 1270. The maximum atomic E-state index is 13.5. The lowest BCUT2D eigenvalue weighted by atomic mass is 10.0. The monoisotopic (exact) mass is 494 g/mol. The van der Waals surface area contributed by atoms with E-state index in [4.69, 9.17) is 9.47 Å². The number of carbonyl (C=O) groups is 1. The van der Waals surface area contributed by atoms with Crippen molar-refractivity contribution in [3.8, 4) is 11.5 Å². The van der Waals surface area contributed by atoms with Crippen LogP contribution in [0.1, 0.15) is 30.9 Å². The lowest BCUT2D eigenvalue weighted by molar-refractivity contribution is -0.120. The second-order valence-corrected chi connectivity index (χ2v) is 10.7. The van der Waals surface area contributed by atoms with E-state index >= 15 is 0 Å². The van der Waals surface area contributed by atoms with Crippen molar-refractivity contribution in [2.75, 3.05) is 24.0 Å². The van der Waals surface area contributed by atoms with Crippen molar-refractivity contribution in [2.45, 2.75) is 37.7 Å². The number of para-hydroxylation sites is 2. The van der Waals surface area contributed by atoms with Gasteiger partial charge < -0.3 is 14.8 Å². The molecule has 0 bridgehead atoms. The number of hydrogen-bond acceptors (Lipinski definition) is 5. The molecule has 3 aromatic rings. The zero-order valence-corrected chi connectivity index (χ0v) is 20.9. The summed E-state index contributed by atoms with van der Waals surface area (Å²) in [5.41, 5.74) is 2.46. The van der Waals surface area contributed by atoms with Crippen molar-refractivity contribution in [3.05, 3.63) is 83.9 Å². The Kier molecular flexibility index (Phi) is 7.31. The van der Waals surface area contributed by atoms with Crippen molar-refractivity contribution in [2.24, 2.45) is 0 Å². The van der Waals surface area contributed by atoms with Crippen LogP contribution in [0.2, 0.25) is 0 Å². The molecular weight excluding hydrogens is 464 g/mol. The molecule has 3 aromatic carbocycles. The van der Waals surface area contributed by atoms with Gasteiger partial charge in [-0.1, -0.05) is 55.8 Å². The van der Waals surface area contributed by atoms with Crippen LogP contribution in [0, 0.1) is 6.92 Å². The summed E-state index contributed by atoms with van der Waals surface area (Å²) in [5.74, 6) is 1.15. The van der Waals surface area contributed by atoms with E-state index in [1.54, 1.807) is 42.5 Å². The molecule has 0 fully saturated rings. The van der Waals surface area contributed by atoms with Gasteiger partial charge in [-0.2, -0.15) is 0 Å². The number of carbonyl (C=O) groups excluding carboxylic acids is 1. The number of nitrogens with zero attached hydrogens (tertiary/aromatic N) is 1. The second-order valence-electron chi connectivity index (χ2n) is 8.87. The Morgan fingerprint density at radius 3 is 2.31 bits per heavy atom. The van der Waals surface area contributed by atoms with Crippen LogP contribution in [0.15, 0.2) is 77.7 Å².